The third-order valence-corrected chi connectivity index (χ3v) is 6.21. The molecule has 1 aliphatic heterocycles. The molecule has 2 aromatic carbocycles. The summed E-state index contributed by atoms with van der Waals surface area (Å²) in [4.78, 5) is 24.1. The highest BCUT2D eigenvalue weighted by atomic mass is 127. The van der Waals surface area contributed by atoms with E-state index < -0.39 is 0 Å². The van der Waals surface area contributed by atoms with E-state index in [0.29, 0.717) is 19.3 Å². The summed E-state index contributed by atoms with van der Waals surface area (Å²) >= 11 is 2.30. The van der Waals surface area contributed by atoms with Crippen molar-refractivity contribution < 1.29 is 9.59 Å². The molecule has 0 fully saturated rings. The molecule has 2 N–H and O–H groups in total. The molecule has 1 aliphatic carbocycles. The Morgan fingerprint density at radius 2 is 1.93 bits per heavy atom. The van der Waals surface area contributed by atoms with Crippen LogP contribution in [0.5, 0.6) is 0 Å². The molecule has 1 amide bonds. The highest BCUT2D eigenvalue weighted by Gasteiger charge is 2.23. The Balaban J connectivity index is 1.55. The van der Waals surface area contributed by atoms with Crippen LogP contribution in [0.25, 0.3) is 0 Å². The quantitative estimate of drug-likeness (QED) is 0.564. The fourth-order valence-electron chi connectivity index (χ4n) is 3.99. The van der Waals surface area contributed by atoms with Crippen molar-refractivity contribution in [2.45, 2.75) is 39.0 Å². The van der Waals surface area contributed by atoms with Crippen molar-refractivity contribution in [2.75, 3.05) is 5.32 Å². The normalized spacial score (nSPS) is 19.4. The molecule has 1 unspecified atom stereocenters. The van der Waals surface area contributed by atoms with Crippen molar-refractivity contribution in [3.05, 3.63) is 74.5 Å². The predicted molar refractivity (Wildman–Crippen MR) is 127 cm³/mol. The number of nitrogens with one attached hydrogen (secondary N) is 2. The lowest BCUT2D eigenvalue weighted by atomic mass is 9.90. The predicted octanol–water partition coefficient (Wildman–Crippen LogP) is 4.81. The van der Waals surface area contributed by atoms with Crippen molar-refractivity contribution in [1.82, 2.24) is 5.43 Å². The molecule has 30 heavy (non-hydrogen) atoms. The van der Waals surface area contributed by atoms with Gasteiger partial charge in [0.25, 0.3) is 0 Å². The topological polar surface area (TPSA) is 70.6 Å². The number of carbonyl (C=O) groups is 2. The van der Waals surface area contributed by atoms with Gasteiger partial charge in [0.05, 0.1) is 5.71 Å². The van der Waals surface area contributed by atoms with E-state index in [4.69, 9.17) is 0 Å². The number of Topliss-reactive ketones (excluding diaryl/α,β-unsaturated/α-hetero) is 1. The number of nitrogens with zero attached hydrogens (tertiary/aromatic N) is 1. The van der Waals surface area contributed by atoms with Crippen LogP contribution in [0.15, 0.2) is 64.9 Å². The van der Waals surface area contributed by atoms with E-state index in [1.165, 1.54) is 3.57 Å². The molecule has 0 saturated carbocycles. The average molecular weight is 513 g/mol. The molecule has 6 heteroatoms. The number of amides is 1. The number of anilines is 1. The number of hydrogen-bond donors (Lipinski definition) is 2. The minimum atomic E-state index is -0.0425. The number of halogens is 1. The second-order valence-electron chi connectivity index (χ2n) is 7.88. The molecule has 1 atom stereocenters. The van der Waals surface area contributed by atoms with Gasteiger partial charge in [-0.1, -0.05) is 31.2 Å². The maximum Gasteiger partial charge on any atom is 0.240 e. The van der Waals surface area contributed by atoms with E-state index in [2.05, 4.69) is 56.6 Å². The second-order valence-corrected chi connectivity index (χ2v) is 9.13. The summed E-state index contributed by atoms with van der Waals surface area (Å²) in [5.41, 5.74) is 8.49. The van der Waals surface area contributed by atoms with Crippen molar-refractivity contribution >= 4 is 45.7 Å². The Kier molecular flexibility index (Phi) is 6.32. The second kappa shape index (κ2) is 9.12. The maximum absolute atomic E-state index is 12.7. The molecule has 0 bridgehead atoms. The van der Waals surface area contributed by atoms with Crippen LogP contribution in [0, 0.1) is 9.49 Å². The van der Waals surface area contributed by atoms with Crippen molar-refractivity contribution in [3.63, 3.8) is 0 Å². The fourth-order valence-corrected chi connectivity index (χ4v) is 4.60. The van der Waals surface area contributed by atoms with Gasteiger partial charge in [-0.25, -0.2) is 5.43 Å². The molecule has 4 rings (SSSR count). The van der Waals surface area contributed by atoms with Crippen LogP contribution in [0.4, 0.5) is 5.69 Å². The first kappa shape index (κ1) is 20.8. The number of benzene rings is 2. The van der Waals surface area contributed by atoms with Crippen molar-refractivity contribution in [2.24, 2.45) is 11.0 Å². The van der Waals surface area contributed by atoms with E-state index in [1.807, 2.05) is 37.3 Å². The van der Waals surface area contributed by atoms with Gasteiger partial charge in [0.2, 0.25) is 5.91 Å². The number of allylic oxidation sites excluding steroid dienone is 2. The molecule has 154 valence electrons. The Bertz CT molecular complexity index is 1040. The lowest BCUT2D eigenvalue weighted by Gasteiger charge is -2.22. The summed E-state index contributed by atoms with van der Waals surface area (Å²) < 4.78 is 1.18. The van der Waals surface area contributed by atoms with Gasteiger partial charge >= 0.3 is 0 Å². The van der Waals surface area contributed by atoms with E-state index in [-0.39, 0.29) is 17.6 Å². The smallest absolute Gasteiger partial charge is 0.240 e. The molecule has 5 nitrogen and oxygen atoms in total. The third kappa shape index (κ3) is 4.80. The average Bonchev–Trinajstić information content (AvgIpc) is 2.71. The zero-order valence-corrected chi connectivity index (χ0v) is 19.0. The maximum atomic E-state index is 12.7. The number of rotatable bonds is 5. The summed E-state index contributed by atoms with van der Waals surface area (Å²) in [5.74, 6) is 0.288. The van der Waals surface area contributed by atoms with Crippen LogP contribution >= 0.6 is 22.6 Å². The summed E-state index contributed by atoms with van der Waals surface area (Å²) in [5, 5.41) is 7.72. The van der Waals surface area contributed by atoms with Gasteiger partial charge in [0.1, 0.15) is 0 Å². The zero-order chi connectivity index (χ0) is 21.1. The van der Waals surface area contributed by atoms with Gasteiger partial charge < -0.3 is 5.32 Å². The third-order valence-electron chi connectivity index (χ3n) is 5.54. The fraction of sp³-hybridized carbons (Fsp3) is 0.292. The van der Waals surface area contributed by atoms with E-state index >= 15 is 0 Å². The zero-order valence-electron chi connectivity index (χ0n) is 16.9. The molecule has 2 aliphatic rings. The molecule has 0 aromatic heterocycles. The highest BCUT2D eigenvalue weighted by molar-refractivity contribution is 14.1. The number of hydrazone groups is 1. The van der Waals surface area contributed by atoms with Gasteiger partial charge in [0, 0.05) is 45.7 Å². The molecule has 2 aromatic rings. The van der Waals surface area contributed by atoms with Crippen molar-refractivity contribution in [3.8, 4) is 0 Å². The molecular formula is C24H24IN3O2. The molecule has 0 saturated heterocycles. The Morgan fingerprint density at radius 3 is 2.67 bits per heavy atom. The SMILES string of the molecule is CC1CC(=O)NN=C1c1ccc(NC2=C(Cc3cccc(I)c3)C(=O)CCC2)cc1. The first-order valence-electron chi connectivity index (χ1n) is 10.2. The van der Waals surface area contributed by atoms with Gasteiger partial charge in [0.15, 0.2) is 5.78 Å². The van der Waals surface area contributed by atoms with E-state index in [0.717, 1.165) is 46.6 Å². The first-order valence-corrected chi connectivity index (χ1v) is 11.3. The van der Waals surface area contributed by atoms with Crippen LogP contribution in [-0.2, 0) is 16.0 Å². The van der Waals surface area contributed by atoms with Gasteiger partial charge in [-0.2, -0.15) is 5.10 Å². The largest absolute Gasteiger partial charge is 0.359 e. The number of hydrogen-bond acceptors (Lipinski definition) is 4. The monoisotopic (exact) mass is 513 g/mol. The number of ketones is 1. The van der Waals surface area contributed by atoms with Crippen molar-refractivity contribution in [1.29, 1.82) is 0 Å². The minimum absolute atomic E-state index is 0.0425. The standard InChI is InChI=1S/C24H24IN3O2/c1-15-12-23(30)27-28-24(15)17-8-10-19(11-9-17)26-21-6-3-7-22(29)20(21)14-16-4-2-5-18(25)13-16/h2,4-5,8-11,13,15,26H,3,6-7,12,14H2,1H3,(H,27,30). The Morgan fingerprint density at radius 1 is 1.13 bits per heavy atom. The molecule has 0 radical (unpaired) electrons. The van der Waals surface area contributed by atoms with E-state index in [9.17, 15) is 9.59 Å². The summed E-state index contributed by atoms with van der Waals surface area (Å²) in [7, 11) is 0. The van der Waals surface area contributed by atoms with Gasteiger partial charge in [-0.15, -0.1) is 0 Å². The van der Waals surface area contributed by atoms with Crippen LogP contribution in [0.2, 0.25) is 0 Å². The van der Waals surface area contributed by atoms with Gasteiger partial charge in [-0.05, 0) is 70.8 Å². The summed E-state index contributed by atoms with van der Waals surface area (Å²) in [6.07, 6.45) is 3.48. The first-order chi connectivity index (χ1) is 14.5. The lowest BCUT2D eigenvalue weighted by Crippen LogP contribution is -2.31. The summed E-state index contributed by atoms with van der Waals surface area (Å²) in [6, 6.07) is 16.4. The van der Waals surface area contributed by atoms with Crippen LogP contribution in [0.1, 0.15) is 43.7 Å². The minimum Gasteiger partial charge on any atom is -0.359 e. The van der Waals surface area contributed by atoms with Crippen LogP contribution in [-0.4, -0.2) is 17.4 Å². The molecule has 1 heterocycles. The summed E-state index contributed by atoms with van der Waals surface area (Å²) in [6.45, 7) is 2.01. The molecular weight excluding hydrogens is 489 g/mol. The molecule has 0 spiro atoms. The number of carbonyl (C=O) groups excluding carboxylic acids is 2. The van der Waals surface area contributed by atoms with Crippen LogP contribution in [0.3, 0.4) is 0 Å². The van der Waals surface area contributed by atoms with Crippen LogP contribution < -0.4 is 10.7 Å². The highest BCUT2D eigenvalue weighted by Crippen LogP contribution is 2.27. The Labute approximate surface area is 190 Å². The van der Waals surface area contributed by atoms with E-state index in [1.54, 1.807) is 0 Å². The van der Waals surface area contributed by atoms with Gasteiger partial charge in [-0.3, -0.25) is 9.59 Å². The lowest BCUT2D eigenvalue weighted by molar-refractivity contribution is -0.122. The Hall–Kier alpha value is -2.48.